The minimum absolute atomic E-state index is 0.268. The highest BCUT2D eigenvalue weighted by Crippen LogP contribution is 2.28. The molecule has 4 heterocycles. The van der Waals surface area contributed by atoms with Crippen LogP contribution >= 0.6 is 0 Å². The molecule has 5 rings (SSSR count). The topological polar surface area (TPSA) is 84.8 Å². The van der Waals surface area contributed by atoms with Crippen LogP contribution in [-0.4, -0.2) is 45.6 Å². The van der Waals surface area contributed by atoms with Gasteiger partial charge < -0.3 is 19.6 Å². The molecule has 1 saturated heterocycles. The molecule has 1 aromatic carbocycles. The number of benzene rings is 1. The molecule has 0 saturated carbocycles. The Kier molecular flexibility index (Phi) is 4.46. The number of nitrogens with one attached hydrogen (secondary N) is 1. The van der Waals surface area contributed by atoms with Crippen molar-refractivity contribution in [2.24, 2.45) is 5.92 Å². The van der Waals surface area contributed by atoms with Gasteiger partial charge in [-0.1, -0.05) is 18.2 Å². The van der Waals surface area contributed by atoms with E-state index in [1.54, 1.807) is 10.7 Å². The zero-order valence-corrected chi connectivity index (χ0v) is 15.4. The van der Waals surface area contributed by atoms with E-state index in [-0.39, 0.29) is 5.92 Å². The Hall–Kier alpha value is -2.90. The van der Waals surface area contributed by atoms with Gasteiger partial charge in [-0.3, -0.25) is 0 Å². The predicted molar refractivity (Wildman–Crippen MR) is 106 cm³/mol. The van der Waals surface area contributed by atoms with Crippen LogP contribution in [0.15, 0.2) is 53.1 Å². The Morgan fingerprint density at radius 2 is 2.04 bits per heavy atom. The van der Waals surface area contributed by atoms with E-state index in [0.29, 0.717) is 12.4 Å². The Morgan fingerprint density at radius 1 is 1.18 bits per heavy atom. The van der Waals surface area contributed by atoms with Gasteiger partial charge in [0.05, 0.1) is 12.3 Å². The van der Waals surface area contributed by atoms with E-state index in [1.807, 2.05) is 42.5 Å². The second-order valence-corrected chi connectivity index (χ2v) is 7.18. The first-order chi connectivity index (χ1) is 13.8. The summed E-state index contributed by atoms with van der Waals surface area (Å²) < 4.78 is 13.1. The van der Waals surface area contributed by atoms with Gasteiger partial charge in [-0.15, -0.1) is 5.10 Å². The van der Waals surface area contributed by atoms with Gasteiger partial charge in [0.2, 0.25) is 0 Å². The third-order valence-electron chi connectivity index (χ3n) is 5.34. The Labute approximate surface area is 161 Å². The molecule has 1 fully saturated rings. The van der Waals surface area contributed by atoms with Crippen LogP contribution < -0.4 is 5.32 Å². The van der Waals surface area contributed by atoms with Crippen molar-refractivity contribution >= 4 is 22.4 Å². The summed E-state index contributed by atoms with van der Waals surface area (Å²) in [6.07, 6.45) is 3.14. The smallest absolute Gasteiger partial charge is 0.155 e. The Morgan fingerprint density at radius 3 is 2.89 bits per heavy atom. The highest BCUT2D eigenvalue weighted by Gasteiger charge is 2.22. The summed E-state index contributed by atoms with van der Waals surface area (Å²) in [4.78, 5) is 4.42. The standard InChI is InChI=1S/C21H22N4O3/c26-17(14-7-9-27-10-8-14)13-22-20-5-6-21-23-12-16(25(21)24-20)19-11-15-3-1-2-4-18(15)28-19/h1-6,11-12,14,17,26H,7-10,13H2,(H,22,24). The first-order valence-electron chi connectivity index (χ1n) is 9.61. The second kappa shape index (κ2) is 7.26. The summed E-state index contributed by atoms with van der Waals surface area (Å²) in [7, 11) is 0. The number of hydrogen-bond donors (Lipinski definition) is 2. The average Bonchev–Trinajstić information content (AvgIpc) is 3.36. The highest BCUT2D eigenvalue weighted by atomic mass is 16.5. The van der Waals surface area contributed by atoms with Crippen molar-refractivity contribution in [1.29, 1.82) is 0 Å². The number of rotatable bonds is 5. The summed E-state index contributed by atoms with van der Waals surface area (Å²) in [5.74, 6) is 1.68. The maximum atomic E-state index is 10.4. The summed E-state index contributed by atoms with van der Waals surface area (Å²) in [6, 6.07) is 13.7. The number of anilines is 1. The lowest BCUT2D eigenvalue weighted by Gasteiger charge is -2.26. The molecule has 144 valence electrons. The van der Waals surface area contributed by atoms with Crippen molar-refractivity contribution in [1.82, 2.24) is 14.6 Å². The molecule has 2 N–H and O–H groups in total. The maximum Gasteiger partial charge on any atom is 0.155 e. The molecule has 0 bridgehead atoms. The lowest BCUT2D eigenvalue weighted by atomic mass is 9.94. The van der Waals surface area contributed by atoms with E-state index in [9.17, 15) is 5.11 Å². The van der Waals surface area contributed by atoms with Crippen LogP contribution in [0.2, 0.25) is 0 Å². The zero-order chi connectivity index (χ0) is 18.9. The molecule has 4 aromatic rings. The number of aliphatic hydroxyl groups excluding tert-OH is 1. The van der Waals surface area contributed by atoms with Crippen molar-refractivity contribution in [2.45, 2.75) is 18.9 Å². The van der Waals surface area contributed by atoms with Gasteiger partial charge in [0, 0.05) is 25.1 Å². The first-order valence-corrected chi connectivity index (χ1v) is 9.61. The van der Waals surface area contributed by atoms with Crippen molar-refractivity contribution < 1.29 is 14.3 Å². The van der Waals surface area contributed by atoms with E-state index in [0.717, 1.165) is 54.1 Å². The van der Waals surface area contributed by atoms with Gasteiger partial charge >= 0.3 is 0 Å². The fourth-order valence-corrected chi connectivity index (χ4v) is 3.72. The molecule has 1 unspecified atom stereocenters. The average molecular weight is 378 g/mol. The summed E-state index contributed by atoms with van der Waals surface area (Å²) in [5, 5.41) is 19.4. The fourth-order valence-electron chi connectivity index (χ4n) is 3.72. The van der Waals surface area contributed by atoms with Gasteiger partial charge in [-0.05, 0) is 43.0 Å². The van der Waals surface area contributed by atoms with Gasteiger partial charge in [0.15, 0.2) is 11.4 Å². The largest absolute Gasteiger partial charge is 0.454 e. The van der Waals surface area contributed by atoms with Crippen molar-refractivity contribution in [3.05, 3.63) is 48.7 Å². The summed E-state index contributed by atoms with van der Waals surface area (Å²) in [5.41, 5.74) is 2.37. The number of aliphatic hydroxyl groups is 1. The van der Waals surface area contributed by atoms with Crippen LogP contribution in [0.1, 0.15) is 12.8 Å². The molecule has 1 aliphatic rings. The number of ether oxygens (including phenoxy) is 1. The molecule has 0 radical (unpaired) electrons. The molecule has 1 atom stereocenters. The molecular weight excluding hydrogens is 356 g/mol. The lowest BCUT2D eigenvalue weighted by molar-refractivity contribution is 0.0131. The van der Waals surface area contributed by atoms with Crippen molar-refractivity contribution in [3.8, 4) is 11.5 Å². The normalized spacial score (nSPS) is 16.6. The number of para-hydroxylation sites is 1. The van der Waals surface area contributed by atoms with Crippen LogP contribution in [0, 0.1) is 5.92 Å². The third kappa shape index (κ3) is 3.23. The molecule has 0 spiro atoms. The molecule has 28 heavy (non-hydrogen) atoms. The molecule has 7 nitrogen and oxygen atoms in total. The number of aromatic nitrogens is 3. The van der Waals surface area contributed by atoms with E-state index >= 15 is 0 Å². The predicted octanol–water partition coefficient (Wildman–Crippen LogP) is 3.34. The molecule has 3 aromatic heterocycles. The fraction of sp³-hybridized carbons (Fsp3) is 0.333. The second-order valence-electron chi connectivity index (χ2n) is 7.18. The van der Waals surface area contributed by atoms with E-state index < -0.39 is 6.10 Å². The molecular formula is C21H22N4O3. The Bertz CT molecular complexity index is 1060. The Balaban J connectivity index is 1.38. The van der Waals surface area contributed by atoms with E-state index in [2.05, 4.69) is 15.4 Å². The van der Waals surface area contributed by atoms with Crippen LogP contribution in [0.5, 0.6) is 0 Å². The van der Waals surface area contributed by atoms with Crippen LogP contribution in [0.3, 0.4) is 0 Å². The number of nitrogens with zero attached hydrogens (tertiary/aromatic N) is 3. The SMILES string of the molecule is OC(CNc1ccc2ncc(-c3cc4ccccc4o3)n2n1)C1CCOCC1. The summed E-state index contributed by atoms with van der Waals surface area (Å²) >= 11 is 0. The number of fused-ring (bicyclic) bond motifs is 2. The van der Waals surface area contributed by atoms with Gasteiger partial charge in [0.25, 0.3) is 0 Å². The lowest BCUT2D eigenvalue weighted by Crippen LogP contribution is -2.32. The monoisotopic (exact) mass is 378 g/mol. The first kappa shape index (κ1) is 17.2. The maximum absolute atomic E-state index is 10.4. The van der Waals surface area contributed by atoms with Crippen LogP contribution in [0.25, 0.3) is 28.1 Å². The molecule has 0 amide bonds. The van der Waals surface area contributed by atoms with E-state index in [1.165, 1.54) is 0 Å². The minimum Gasteiger partial charge on any atom is -0.454 e. The molecule has 7 heteroatoms. The quantitative estimate of drug-likeness (QED) is 0.554. The van der Waals surface area contributed by atoms with Crippen molar-refractivity contribution in [2.75, 3.05) is 25.1 Å². The van der Waals surface area contributed by atoms with Crippen LogP contribution in [-0.2, 0) is 4.74 Å². The van der Waals surface area contributed by atoms with Crippen LogP contribution in [0.4, 0.5) is 5.82 Å². The zero-order valence-electron chi connectivity index (χ0n) is 15.4. The minimum atomic E-state index is -0.418. The number of furan rings is 1. The van der Waals surface area contributed by atoms with Crippen molar-refractivity contribution in [3.63, 3.8) is 0 Å². The summed E-state index contributed by atoms with van der Waals surface area (Å²) in [6.45, 7) is 1.90. The van der Waals surface area contributed by atoms with Gasteiger partial charge in [0.1, 0.15) is 17.1 Å². The highest BCUT2D eigenvalue weighted by molar-refractivity contribution is 5.82. The van der Waals surface area contributed by atoms with E-state index in [4.69, 9.17) is 9.15 Å². The molecule has 0 aliphatic carbocycles. The molecule has 1 aliphatic heterocycles. The number of imidazole rings is 1. The van der Waals surface area contributed by atoms with Gasteiger partial charge in [-0.2, -0.15) is 0 Å². The number of hydrogen-bond acceptors (Lipinski definition) is 6. The third-order valence-corrected chi connectivity index (χ3v) is 5.34. The van der Waals surface area contributed by atoms with Gasteiger partial charge in [-0.25, -0.2) is 9.50 Å².